The third kappa shape index (κ3) is 6.86. The Hall–Kier alpha value is -1.53. The summed E-state index contributed by atoms with van der Waals surface area (Å²) in [6.07, 6.45) is 5.12. The predicted molar refractivity (Wildman–Crippen MR) is 154 cm³/mol. The molecule has 36 heavy (non-hydrogen) atoms. The van der Waals surface area contributed by atoms with Crippen molar-refractivity contribution >= 4 is 47.2 Å². The zero-order valence-electron chi connectivity index (χ0n) is 20.6. The van der Waals surface area contributed by atoms with Crippen LogP contribution in [0.3, 0.4) is 0 Å². The Labute approximate surface area is 232 Å². The highest BCUT2D eigenvalue weighted by Crippen LogP contribution is 2.42. The first-order valence-electron chi connectivity index (χ1n) is 12.7. The quantitative estimate of drug-likeness (QED) is 0.347. The molecule has 1 atom stereocenters. The fraction of sp³-hybridized carbons (Fsp3) is 0.448. The summed E-state index contributed by atoms with van der Waals surface area (Å²) in [6.45, 7) is 5.39. The number of aliphatic hydroxyl groups is 1. The molecule has 0 bridgehead atoms. The van der Waals surface area contributed by atoms with Crippen molar-refractivity contribution in [2.75, 3.05) is 32.7 Å². The molecule has 2 fully saturated rings. The Kier molecular flexibility index (Phi) is 10.7. The molecule has 2 N–H and O–H groups in total. The van der Waals surface area contributed by atoms with Crippen molar-refractivity contribution in [3.63, 3.8) is 0 Å². The third-order valence-corrected chi connectivity index (χ3v) is 7.88. The molecule has 0 spiro atoms. The molecular formula is C29H37Cl3N2O2. The minimum absolute atomic E-state index is 0. The molecule has 0 amide bonds. The van der Waals surface area contributed by atoms with Gasteiger partial charge in [0.05, 0.1) is 10.6 Å². The number of hydrogen-bond donors (Lipinski definition) is 2. The van der Waals surface area contributed by atoms with Crippen LogP contribution in [0.25, 0.3) is 10.8 Å². The number of fused-ring (bicyclic) bond motifs is 1. The first-order valence-corrected chi connectivity index (χ1v) is 13.0. The van der Waals surface area contributed by atoms with Crippen molar-refractivity contribution < 1.29 is 9.84 Å². The van der Waals surface area contributed by atoms with Crippen LogP contribution in [0.2, 0.25) is 5.02 Å². The normalized spacial score (nSPS) is 18.6. The number of nitrogens with one attached hydrogen (secondary N) is 1. The molecule has 1 aliphatic carbocycles. The molecule has 1 heterocycles. The predicted octanol–water partition coefficient (Wildman–Crippen LogP) is 6.60. The maximum atomic E-state index is 11.7. The van der Waals surface area contributed by atoms with Crippen LogP contribution >= 0.6 is 36.4 Å². The number of benzene rings is 3. The van der Waals surface area contributed by atoms with Crippen LogP contribution in [0.4, 0.5) is 0 Å². The molecule has 2 aliphatic rings. The van der Waals surface area contributed by atoms with Gasteiger partial charge in [-0.05, 0) is 52.9 Å². The van der Waals surface area contributed by atoms with Crippen LogP contribution in [-0.4, -0.2) is 48.3 Å². The van der Waals surface area contributed by atoms with Gasteiger partial charge in [0.25, 0.3) is 0 Å². The first kappa shape index (κ1) is 29.0. The van der Waals surface area contributed by atoms with Gasteiger partial charge in [0.1, 0.15) is 12.4 Å². The maximum absolute atomic E-state index is 11.7. The van der Waals surface area contributed by atoms with Gasteiger partial charge in [0.15, 0.2) is 0 Å². The standard InChI is InChI=1S/C29H35ClN2O2.2ClH/c30-27-19-25(26(20-32-16-14-31-15-17-32)29(33)12-4-1-5-13-29)10-11-28(27)34-21-22-8-9-23-6-2-3-7-24(23)18-22;;/h2-3,6-11,18-19,26,31,33H,1,4-5,12-17,20-21H2;2*1H. The van der Waals surface area contributed by atoms with Crippen molar-refractivity contribution in [2.24, 2.45) is 0 Å². The molecule has 1 saturated carbocycles. The Morgan fingerprint density at radius 3 is 2.36 bits per heavy atom. The average Bonchev–Trinajstić information content (AvgIpc) is 2.87. The highest BCUT2D eigenvalue weighted by molar-refractivity contribution is 6.32. The van der Waals surface area contributed by atoms with Crippen LogP contribution < -0.4 is 10.1 Å². The number of piperazine rings is 1. The van der Waals surface area contributed by atoms with Gasteiger partial charge < -0.3 is 20.1 Å². The lowest BCUT2D eigenvalue weighted by atomic mass is 9.72. The third-order valence-electron chi connectivity index (χ3n) is 7.58. The number of hydrogen-bond acceptors (Lipinski definition) is 4. The van der Waals surface area contributed by atoms with Gasteiger partial charge in [-0.25, -0.2) is 0 Å². The van der Waals surface area contributed by atoms with Crippen LogP contribution in [0, 0.1) is 0 Å². The van der Waals surface area contributed by atoms with E-state index in [-0.39, 0.29) is 30.7 Å². The van der Waals surface area contributed by atoms with E-state index in [1.54, 1.807) is 0 Å². The van der Waals surface area contributed by atoms with E-state index >= 15 is 0 Å². The average molecular weight is 552 g/mol. The minimum atomic E-state index is -0.667. The summed E-state index contributed by atoms with van der Waals surface area (Å²) >= 11 is 6.73. The SMILES string of the molecule is Cl.Cl.OC1(C(CN2CCNCC2)c2ccc(OCc3ccc4ccccc4c3)c(Cl)c2)CCCCC1. The second-order valence-electron chi connectivity index (χ2n) is 9.93. The van der Waals surface area contributed by atoms with Crippen molar-refractivity contribution in [1.29, 1.82) is 0 Å². The van der Waals surface area contributed by atoms with Crippen LogP contribution in [0.5, 0.6) is 5.75 Å². The molecule has 4 nitrogen and oxygen atoms in total. The lowest BCUT2D eigenvalue weighted by molar-refractivity contribution is -0.0316. The maximum Gasteiger partial charge on any atom is 0.138 e. The van der Waals surface area contributed by atoms with Gasteiger partial charge in [-0.2, -0.15) is 0 Å². The summed E-state index contributed by atoms with van der Waals surface area (Å²) in [7, 11) is 0. The Balaban J connectivity index is 0.00000180. The number of ether oxygens (including phenoxy) is 1. The molecule has 196 valence electrons. The minimum Gasteiger partial charge on any atom is -0.487 e. The second kappa shape index (κ2) is 13.3. The van der Waals surface area contributed by atoms with Gasteiger partial charge in [-0.15, -0.1) is 24.8 Å². The molecule has 1 saturated heterocycles. The molecule has 0 aromatic heterocycles. The number of rotatable bonds is 7. The van der Waals surface area contributed by atoms with E-state index in [2.05, 4.69) is 58.7 Å². The monoisotopic (exact) mass is 550 g/mol. The van der Waals surface area contributed by atoms with Crippen molar-refractivity contribution in [3.8, 4) is 5.75 Å². The fourth-order valence-corrected chi connectivity index (χ4v) is 5.83. The summed E-state index contributed by atoms with van der Waals surface area (Å²) in [5.74, 6) is 0.744. The molecule has 1 aliphatic heterocycles. The van der Waals surface area contributed by atoms with Gasteiger partial charge in [-0.1, -0.05) is 73.3 Å². The molecule has 3 aromatic carbocycles. The topological polar surface area (TPSA) is 44.7 Å². The molecule has 1 unspecified atom stereocenters. The largest absolute Gasteiger partial charge is 0.487 e. The van der Waals surface area contributed by atoms with E-state index < -0.39 is 5.60 Å². The zero-order chi connectivity index (χ0) is 23.4. The number of halogens is 3. The Morgan fingerprint density at radius 2 is 1.64 bits per heavy atom. The van der Waals surface area contributed by atoms with Crippen LogP contribution in [-0.2, 0) is 6.61 Å². The van der Waals surface area contributed by atoms with E-state index in [4.69, 9.17) is 16.3 Å². The fourth-order valence-electron chi connectivity index (χ4n) is 5.59. The summed E-state index contributed by atoms with van der Waals surface area (Å²) in [6, 6.07) is 20.9. The second-order valence-corrected chi connectivity index (χ2v) is 10.3. The highest BCUT2D eigenvalue weighted by atomic mass is 35.5. The zero-order valence-corrected chi connectivity index (χ0v) is 23.0. The lowest BCUT2D eigenvalue weighted by Gasteiger charge is -2.42. The molecule has 5 rings (SSSR count). The van der Waals surface area contributed by atoms with Crippen molar-refractivity contribution in [2.45, 2.75) is 50.2 Å². The van der Waals surface area contributed by atoms with Gasteiger partial charge in [-0.3, -0.25) is 0 Å². The van der Waals surface area contributed by atoms with E-state index in [9.17, 15) is 5.11 Å². The molecule has 3 aromatic rings. The summed E-state index contributed by atoms with van der Waals surface area (Å²) in [4.78, 5) is 2.48. The van der Waals surface area contributed by atoms with E-state index in [1.807, 2.05) is 12.1 Å². The van der Waals surface area contributed by atoms with Gasteiger partial charge >= 0.3 is 0 Å². The van der Waals surface area contributed by atoms with E-state index in [0.717, 1.165) is 69.5 Å². The lowest BCUT2D eigenvalue weighted by Crippen LogP contribution is -2.49. The van der Waals surface area contributed by atoms with Crippen LogP contribution in [0.15, 0.2) is 60.7 Å². The van der Waals surface area contributed by atoms with E-state index in [0.29, 0.717) is 17.4 Å². The van der Waals surface area contributed by atoms with Crippen LogP contribution in [0.1, 0.15) is 49.1 Å². The smallest absolute Gasteiger partial charge is 0.138 e. The molecule has 7 heteroatoms. The first-order chi connectivity index (χ1) is 16.6. The number of nitrogens with zero attached hydrogens (tertiary/aromatic N) is 1. The highest BCUT2D eigenvalue weighted by Gasteiger charge is 2.39. The van der Waals surface area contributed by atoms with Crippen molar-refractivity contribution in [1.82, 2.24) is 10.2 Å². The molecule has 0 radical (unpaired) electrons. The Bertz CT molecular complexity index is 1110. The van der Waals surface area contributed by atoms with E-state index in [1.165, 1.54) is 17.2 Å². The van der Waals surface area contributed by atoms with Gasteiger partial charge in [0, 0.05) is 38.6 Å². The summed E-state index contributed by atoms with van der Waals surface area (Å²) in [5.41, 5.74) is 1.57. The summed E-state index contributed by atoms with van der Waals surface area (Å²) < 4.78 is 6.11. The van der Waals surface area contributed by atoms with Crippen molar-refractivity contribution in [3.05, 3.63) is 76.8 Å². The molecular weight excluding hydrogens is 515 g/mol. The summed E-state index contributed by atoms with van der Waals surface area (Å²) in [5, 5.41) is 18.2. The Morgan fingerprint density at radius 1 is 0.917 bits per heavy atom. The van der Waals surface area contributed by atoms with Gasteiger partial charge in [0.2, 0.25) is 0 Å².